The quantitative estimate of drug-likeness (QED) is 0.752. The van der Waals surface area contributed by atoms with Crippen molar-refractivity contribution in [1.29, 1.82) is 0 Å². The summed E-state index contributed by atoms with van der Waals surface area (Å²) in [6, 6.07) is 10.5. The van der Waals surface area contributed by atoms with Crippen LogP contribution in [0.2, 0.25) is 0 Å². The van der Waals surface area contributed by atoms with Crippen LogP contribution >= 0.6 is 0 Å². The molecule has 2 unspecified atom stereocenters. The molecule has 2 aromatic rings. The largest absolute Gasteiger partial charge is 0.733 e. The molecule has 0 saturated carbocycles. The molecule has 3 rings (SSSR count). The number of nitrogens with zero attached hydrogens (tertiary/aromatic N) is 2. The van der Waals surface area contributed by atoms with Gasteiger partial charge in [0.15, 0.2) is 11.5 Å². The van der Waals surface area contributed by atoms with Gasteiger partial charge in [-0.2, -0.15) is 0 Å². The van der Waals surface area contributed by atoms with Gasteiger partial charge in [0.1, 0.15) is 0 Å². The van der Waals surface area contributed by atoms with Crippen molar-refractivity contribution in [2.45, 2.75) is 25.5 Å². The summed E-state index contributed by atoms with van der Waals surface area (Å²) in [5, 5.41) is 30.6. The molecule has 0 radical (unpaired) electrons. The Kier molecular flexibility index (Phi) is 5.86. The Balaban J connectivity index is 1.79. The molecule has 2 aromatic carbocycles. The summed E-state index contributed by atoms with van der Waals surface area (Å²) < 4.78 is 10.8. The van der Waals surface area contributed by atoms with Gasteiger partial charge >= 0.3 is 0 Å². The Hall–Kier alpha value is -2.32. The molecule has 0 aliphatic carbocycles. The molecule has 0 saturated heterocycles. The van der Waals surface area contributed by atoms with Gasteiger partial charge in [0.05, 0.1) is 26.0 Å². The smallest absolute Gasteiger partial charge is 0.161 e. The van der Waals surface area contributed by atoms with Crippen LogP contribution in [0.4, 0.5) is 5.69 Å². The number of benzene rings is 2. The van der Waals surface area contributed by atoms with Crippen LogP contribution in [0.1, 0.15) is 35.8 Å². The van der Waals surface area contributed by atoms with E-state index in [1.807, 2.05) is 12.1 Å². The number of hydrogen-bond acceptors (Lipinski definition) is 7. The average molecular weight is 373 g/mol. The zero-order valence-electron chi connectivity index (χ0n) is 15.8. The van der Waals surface area contributed by atoms with Crippen LogP contribution in [0.5, 0.6) is 11.5 Å². The van der Waals surface area contributed by atoms with Crippen molar-refractivity contribution in [3.8, 4) is 11.5 Å². The highest BCUT2D eigenvalue weighted by Gasteiger charge is 2.27. The standard InChI is InChI=1S/C20H25N2O5/c1-13-17-11-20(27-3)19(26-2)10-14(17)7-8-21(13)12-18(23)15-5-4-6-16(9-15)22(24)25/h4-6,9-11,13,18,23-24H,7-8,12H2,1-3H3/q-1. The maximum atomic E-state index is 11.1. The van der Waals surface area contributed by atoms with Gasteiger partial charge in [-0.05, 0) is 54.3 Å². The first-order chi connectivity index (χ1) is 12.9. The normalized spacial score (nSPS) is 17.9. The van der Waals surface area contributed by atoms with Crippen molar-refractivity contribution in [2.24, 2.45) is 0 Å². The second kappa shape index (κ2) is 8.14. The summed E-state index contributed by atoms with van der Waals surface area (Å²) in [5.74, 6) is 1.41. The fraction of sp³-hybridized carbons (Fsp3) is 0.400. The first kappa shape index (κ1) is 19.4. The molecule has 0 fully saturated rings. The summed E-state index contributed by atoms with van der Waals surface area (Å²) >= 11 is 0. The molecule has 27 heavy (non-hydrogen) atoms. The number of β-amino-alcohol motifs (C(OH)–C–C–N with tert-alkyl or cyclic N) is 1. The number of methoxy groups -OCH3 is 2. The second-order valence-corrected chi connectivity index (χ2v) is 6.71. The van der Waals surface area contributed by atoms with E-state index >= 15 is 0 Å². The summed E-state index contributed by atoms with van der Waals surface area (Å²) in [4.78, 5) is 2.19. The van der Waals surface area contributed by atoms with Crippen molar-refractivity contribution in [1.82, 2.24) is 4.90 Å². The lowest BCUT2D eigenvalue weighted by Crippen LogP contribution is -2.37. The molecule has 0 spiro atoms. The predicted octanol–water partition coefficient (Wildman–Crippen LogP) is 3.05. The molecule has 0 aromatic heterocycles. The SMILES string of the molecule is COc1cc2c(cc1OC)C(C)N(CC(O)c1cccc(N([O-])O)c1)CC2. The molecule has 1 aliphatic rings. The van der Waals surface area contributed by atoms with E-state index in [4.69, 9.17) is 14.7 Å². The minimum absolute atomic E-state index is 0.0974. The van der Waals surface area contributed by atoms with Crippen molar-refractivity contribution in [3.63, 3.8) is 0 Å². The number of anilines is 1. The summed E-state index contributed by atoms with van der Waals surface area (Å²) in [7, 11) is 3.25. The molecular weight excluding hydrogens is 348 g/mol. The lowest BCUT2D eigenvalue weighted by molar-refractivity contribution is 0.0863. The lowest BCUT2D eigenvalue weighted by atomic mass is 9.92. The lowest BCUT2D eigenvalue weighted by Gasteiger charge is -2.37. The maximum absolute atomic E-state index is 11.1. The van der Waals surface area contributed by atoms with Crippen LogP contribution in [0.15, 0.2) is 36.4 Å². The minimum atomic E-state index is -0.769. The molecule has 7 nitrogen and oxygen atoms in total. The van der Waals surface area contributed by atoms with Crippen LogP contribution in [-0.2, 0) is 6.42 Å². The molecule has 1 heterocycles. The van der Waals surface area contributed by atoms with Gasteiger partial charge in [-0.3, -0.25) is 10.1 Å². The van der Waals surface area contributed by atoms with E-state index in [1.165, 1.54) is 17.7 Å². The summed E-state index contributed by atoms with van der Waals surface area (Å²) in [6.07, 6.45) is 0.0756. The topological polar surface area (TPSA) is 88.5 Å². The number of fused-ring (bicyclic) bond motifs is 1. The van der Waals surface area contributed by atoms with Gasteiger partial charge in [-0.15, -0.1) is 0 Å². The highest BCUT2D eigenvalue weighted by Crippen LogP contribution is 2.38. The summed E-state index contributed by atoms with van der Waals surface area (Å²) in [5.41, 5.74) is 3.06. The van der Waals surface area contributed by atoms with Crippen LogP contribution in [0.25, 0.3) is 0 Å². The third-order valence-corrected chi connectivity index (χ3v) is 5.19. The Labute approximate surface area is 158 Å². The second-order valence-electron chi connectivity index (χ2n) is 6.71. The first-order valence-corrected chi connectivity index (χ1v) is 8.87. The molecule has 146 valence electrons. The Morgan fingerprint density at radius 3 is 2.59 bits per heavy atom. The Morgan fingerprint density at radius 1 is 1.22 bits per heavy atom. The molecule has 2 N–H and O–H groups in total. The molecular formula is C20H25N2O5-. The van der Waals surface area contributed by atoms with Gasteiger partial charge in [-0.25, -0.2) is 0 Å². The Morgan fingerprint density at radius 2 is 1.93 bits per heavy atom. The fourth-order valence-corrected chi connectivity index (χ4v) is 3.62. The van der Waals surface area contributed by atoms with E-state index < -0.39 is 6.10 Å². The van der Waals surface area contributed by atoms with Crippen LogP contribution in [-0.4, -0.2) is 42.5 Å². The number of aliphatic hydroxyl groups excluding tert-OH is 1. The van der Waals surface area contributed by atoms with E-state index in [0.29, 0.717) is 17.9 Å². The van der Waals surface area contributed by atoms with Crippen LogP contribution in [0.3, 0.4) is 0 Å². The predicted molar refractivity (Wildman–Crippen MR) is 102 cm³/mol. The van der Waals surface area contributed by atoms with Crippen molar-refractivity contribution >= 4 is 5.69 Å². The first-order valence-electron chi connectivity index (χ1n) is 8.87. The molecule has 7 heteroatoms. The number of hydrogen-bond donors (Lipinski definition) is 2. The van der Waals surface area contributed by atoms with Gasteiger partial charge < -0.3 is 25.0 Å². The van der Waals surface area contributed by atoms with Crippen LogP contribution in [0, 0.1) is 5.21 Å². The van der Waals surface area contributed by atoms with Gasteiger partial charge in [0.2, 0.25) is 0 Å². The van der Waals surface area contributed by atoms with Gasteiger partial charge in [-0.1, -0.05) is 12.1 Å². The van der Waals surface area contributed by atoms with E-state index in [0.717, 1.165) is 24.3 Å². The number of ether oxygens (including phenoxy) is 2. The fourth-order valence-electron chi connectivity index (χ4n) is 3.62. The average Bonchev–Trinajstić information content (AvgIpc) is 2.69. The van der Waals surface area contributed by atoms with Crippen molar-refractivity contribution < 1.29 is 19.8 Å². The number of rotatable bonds is 6. The van der Waals surface area contributed by atoms with Crippen LogP contribution < -0.4 is 14.7 Å². The van der Waals surface area contributed by atoms with E-state index in [1.54, 1.807) is 26.4 Å². The van der Waals surface area contributed by atoms with E-state index in [9.17, 15) is 10.3 Å². The summed E-state index contributed by atoms with van der Waals surface area (Å²) in [6.45, 7) is 3.32. The van der Waals surface area contributed by atoms with Crippen molar-refractivity contribution in [3.05, 3.63) is 58.3 Å². The molecule has 0 bridgehead atoms. The van der Waals surface area contributed by atoms with Gasteiger partial charge in [0, 0.05) is 19.1 Å². The minimum Gasteiger partial charge on any atom is -0.733 e. The Bertz CT molecular complexity index is 796. The zero-order chi connectivity index (χ0) is 19.6. The molecule has 1 aliphatic heterocycles. The third kappa shape index (κ3) is 4.01. The van der Waals surface area contributed by atoms with E-state index in [2.05, 4.69) is 11.8 Å². The highest BCUT2D eigenvalue weighted by molar-refractivity contribution is 5.49. The monoisotopic (exact) mass is 373 g/mol. The zero-order valence-corrected chi connectivity index (χ0v) is 15.8. The van der Waals surface area contributed by atoms with Crippen molar-refractivity contribution in [2.75, 3.05) is 32.5 Å². The third-order valence-electron chi connectivity index (χ3n) is 5.19. The molecule has 0 amide bonds. The van der Waals surface area contributed by atoms with E-state index in [-0.39, 0.29) is 17.0 Å². The highest BCUT2D eigenvalue weighted by atomic mass is 16.8. The molecule has 2 atom stereocenters. The maximum Gasteiger partial charge on any atom is 0.161 e. The number of aliphatic hydroxyl groups is 1. The van der Waals surface area contributed by atoms with Gasteiger partial charge in [0.25, 0.3) is 0 Å².